The van der Waals surface area contributed by atoms with Crippen molar-refractivity contribution in [1.29, 1.82) is 0 Å². The van der Waals surface area contributed by atoms with Gasteiger partial charge in [0.1, 0.15) is 11.4 Å². The lowest BCUT2D eigenvalue weighted by molar-refractivity contribution is -0.136. The first kappa shape index (κ1) is 15.1. The van der Waals surface area contributed by atoms with Crippen molar-refractivity contribution in [3.63, 3.8) is 0 Å². The highest BCUT2D eigenvalue weighted by Crippen LogP contribution is 2.27. The minimum atomic E-state index is -0.812. The average Bonchev–Trinajstić information content (AvgIpc) is 2.90. The zero-order chi connectivity index (χ0) is 16.4. The number of carboxylic acids is 1. The van der Waals surface area contributed by atoms with E-state index < -0.39 is 5.97 Å². The molecule has 0 bridgehead atoms. The van der Waals surface area contributed by atoms with E-state index in [0.717, 1.165) is 33.9 Å². The van der Waals surface area contributed by atoms with Gasteiger partial charge in [-0.05, 0) is 42.8 Å². The molecule has 1 N–H and O–H groups in total. The largest absolute Gasteiger partial charge is 0.497 e. The van der Waals surface area contributed by atoms with Gasteiger partial charge in [0.25, 0.3) is 0 Å². The Kier molecular flexibility index (Phi) is 4.02. The number of fused-ring (bicyclic) bond motifs is 1. The Balaban J connectivity index is 2.13. The molecule has 2 heterocycles. The molecule has 3 aromatic rings. The maximum atomic E-state index is 11.0. The highest BCUT2D eigenvalue weighted by Gasteiger charge is 2.15. The van der Waals surface area contributed by atoms with E-state index in [0.29, 0.717) is 6.42 Å². The second-order valence-corrected chi connectivity index (χ2v) is 5.46. The van der Waals surface area contributed by atoms with Crippen LogP contribution in [0.3, 0.4) is 0 Å². The molecule has 0 fully saturated rings. The summed E-state index contributed by atoms with van der Waals surface area (Å²) in [4.78, 5) is 15.7. The topological polar surface area (TPSA) is 63.8 Å². The van der Waals surface area contributed by atoms with Gasteiger partial charge < -0.3 is 14.2 Å². The molecule has 1 aromatic carbocycles. The molecule has 5 nitrogen and oxygen atoms in total. The number of hydrogen-bond acceptors (Lipinski definition) is 3. The van der Waals surface area contributed by atoms with Crippen LogP contribution in [0.4, 0.5) is 0 Å². The Morgan fingerprint density at radius 2 is 1.96 bits per heavy atom. The molecule has 0 saturated heterocycles. The molecule has 0 aliphatic rings. The summed E-state index contributed by atoms with van der Waals surface area (Å²) in [6, 6.07) is 11.6. The van der Waals surface area contributed by atoms with Gasteiger partial charge in [-0.25, -0.2) is 4.98 Å². The lowest BCUT2D eigenvalue weighted by atomic mass is 10.1. The number of aromatic nitrogens is 2. The van der Waals surface area contributed by atoms with Crippen LogP contribution in [0.15, 0.2) is 42.6 Å². The number of benzene rings is 1. The lowest BCUT2D eigenvalue weighted by Crippen LogP contribution is -2.01. The molecule has 0 unspecified atom stereocenters. The quantitative estimate of drug-likeness (QED) is 0.785. The lowest BCUT2D eigenvalue weighted by Gasteiger charge is -2.06. The van der Waals surface area contributed by atoms with Crippen molar-refractivity contribution in [3.05, 3.63) is 53.9 Å². The molecule has 0 atom stereocenters. The maximum Gasteiger partial charge on any atom is 0.303 e. The van der Waals surface area contributed by atoms with Gasteiger partial charge in [0, 0.05) is 18.2 Å². The van der Waals surface area contributed by atoms with Gasteiger partial charge in [0.05, 0.1) is 24.9 Å². The molecule has 0 aliphatic carbocycles. The summed E-state index contributed by atoms with van der Waals surface area (Å²) in [5.74, 6) is -0.0336. The van der Waals surface area contributed by atoms with E-state index >= 15 is 0 Å². The monoisotopic (exact) mass is 310 g/mol. The van der Waals surface area contributed by atoms with Crippen LogP contribution >= 0.6 is 0 Å². The third-order valence-corrected chi connectivity index (χ3v) is 3.80. The smallest absolute Gasteiger partial charge is 0.303 e. The van der Waals surface area contributed by atoms with Gasteiger partial charge in [-0.1, -0.05) is 6.07 Å². The summed E-state index contributed by atoms with van der Waals surface area (Å²) in [7, 11) is 1.63. The number of hydrogen-bond donors (Lipinski definition) is 1. The molecule has 2 aromatic heterocycles. The molecular formula is C18H18N2O3. The van der Waals surface area contributed by atoms with Gasteiger partial charge in [0.2, 0.25) is 0 Å². The van der Waals surface area contributed by atoms with Crippen LogP contribution < -0.4 is 4.74 Å². The Morgan fingerprint density at radius 1 is 1.22 bits per heavy atom. The van der Waals surface area contributed by atoms with Crippen LogP contribution in [0.1, 0.15) is 17.7 Å². The van der Waals surface area contributed by atoms with Crippen LogP contribution in [0.25, 0.3) is 16.9 Å². The summed E-state index contributed by atoms with van der Waals surface area (Å²) >= 11 is 0. The van der Waals surface area contributed by atoms with E-state index in [1.165, 1.54) is 0 Å². The van der Waals surface area contributed by atoms with Crippen LogP contribution in [-0.2, 0) is 11.2 Å². The summed E-state index contributed by atoms with van der Waals surface area (Å²) in [6.07, 6.45) is 2.50. The number of pyridine rings is 1. The fourth-order valence-electron chi connectivity index (χ4n) is 2.64. The van der Waals surface area contributed by atoms with Gasteiger partial charge in [-0.2, -0.15) is 0 Å². The number of rotatable bonds is 5. The number of ether oxygens (including phenoxy) is 1. The zero-order valence-electron chi connectivity index (χ0n) is 13.1. The number of carbonyl (C=O) groups is 1. The second kappa shape index (κ2) is 6.12. The minimum absolute atomic E-state index is 0.0743. The Hall–Kier alpha value is -2.82. The standard InChI is InChI=1S/C18H18N2O3/c1-12-3-9-16-19-18(13-4-6-14(23-2)7-5-13)15(20(16)11-12)8-10-17(21)22/h3-7,9,11H,8,10H2,1-2H3,(H,21,22). The fourth-order valence-corrected chi connectivity index (χ4v) is 2.64. The summed E-state index contributed by atoms with van der Waals surface area (Å²) in [6.45, 7) is 2.01. The van der Waals surface area contributed by atoms with Gasteiger partial charge in [0.15, 0.2) is 0 Å². The predicted octanol–water partition coefficient (Wildman–Crippen LogP) is 3.34. The molecule has 3 rings (SSSR count). The second-order valence-electron chi connectivity index (χ2n) is 5.46. The van der Waals surface area contributed by atoms with Gasteiger partial charge >= 0.3 is 5.97 Å². The first-order valence-electron chi connectivity index (χ1n) is 7.42. The van der Waals surface area contributed by atoms with Crippen molar-refractivity contribution in [1.82, 2.24) is 9.38 Å². The number of aryl methyl sites for hydroxylation is 2. The predicted molar refractivity (Wildman–Crippen MR) is 87.9 cm³/mol. The Morgan fingerprint density at radius 3 is 2.61 bits per heavy atom. The molecule has 23 heavy (non-hydrogen) atoms. The van der Waals surface area contributed by atoms with E-state index in [2.05, 4.69) is 4.98 Å². The number of methoxy groups -OCH3 is 1. The average molecular weight is 310 g/mol. The van der Waals surface area contributed by atoms with Crippen molar-refractivity contribution in [3.8, 4) is 17.0 Å². The van der Waals surface area contributed by atoms with Gasteiger partial charge in [-0.3, -0.25) is 4.79 Å². The number of aliphatic carboxylic acids is 1. The molecule has 0 radical (unpaired) electrons. The number of nitrogens with zero attached hydrogens (tertiary/aromatic N) is 2. The van der Waals surface area contributed by atoms with E-state index in [1.807, 2.05) is 53.9 Å². The SMILES string of the molecule is COc1ccc(-c2nc3ccc(C)cn3c2CCC(=O)O)cc1. The molecule has 0 saturated carbocycles. The number of carboxylic acid groups (broad SMARTS) is 1. The first-order chi connectivity index (χ1) is 11.1. The van der Waals surface area contributed by atoms with Crippen LogP contribution in [0.5, 0.6) is 5.75 Å². The summed E-state index contributed by atoms with van der Waals surface area (Å²) < 4.78 is 7.17. The third-order valence-electron chi connectivity index (χ3n) is 3.80. The molecule has 118 valence electrons. The molecule has 0 aliphatic heterocycles. The first-order valence-corrected chi connectivity index (χ1v) is 7.42. The van der Waals surface area contributed by atoms with Crippen LogP contribution in [0, 0.1) is 6.92 Å². The number of imidazole rings is 1. The van der Waals surface area contributed by atoms with Crippen molar-refractivity contribution < 1.29 is 14.6 Å². The minimum Gasteiger partial charge on any atom is -0.497 e. The van der Waals surface area contributed by atoms with Gasteiger partial charge in [-0.15, -0.1) is 0 Å². The summed E-state index contributed by atoms with van der Waals surface area (Å²) in [5.41, 5.74) is 4.61. The summed E-state index contributed by atoms with van der Waals surface area (Å²) in [5, 5.41) is 9.02. The van der Waals surface area contributed by atoms with Crippen LogP contribution in [0.2, 0.25) is 0 Å². The van der Waals surface area contributed by atoms with Crippen molar-refractivity contribution >= 4 is 11.6 Å². The normalized spacial score (nSPS) is 10.9. The molecule has 5 heteroatoms. The maximum absolute atomic E-state index is 11.0. The fraction of sp³-hybridized carbons (Fsp3) is 0.222. The molecule has 0 amide bonds. The van der Waals surface area contributed by atoms with Crippen molar-refractivity contribution in [2.24, 2.45) is 0 Å². The zero-order valence-corrected chi connectivity index (χ0v) is 13.1. The van der Waals surface area contributed by atoms with E-state index in [4.69, 9.17) is 9.84 Å². The van der Waals surface area contributed by atoms with E-state index in [-0.39, 0.29) is 6.42 Å². The highest BCUT2D eigenvalue weighted by atomic mass is 16.5. The molecule has 0 spiro atoms. The van der Waals surface area contributed by atoms with Crippen molar-refractivity contribution in [2.75, 3.05) is 7.11 Å². The third kappa shape index (κ3) is 3.04. The van der Waals surface area contributed by atoms with Crippen LogP contribution in [-0.4, -0.2) is 27.6 Å². The molecular weight excluding hydrogens is 292 g/mol. The highest BCUT2D eigenvalue weighted by molar-refractivity contribution is 5.70. The van der Waals surface area contributed by atoms with E-state index in [9.17, 15) is 4.79 Å². The van der Waals surface area contributed by atoms with E-state index in [1.54, 1.807) is 7.11 Å². The van der Waals surface area contributed by atoms with Crippen molar-refractivity contribution in [2.45, 2.75) is 19.8 Å². The Bertz CT molecular complexity index is 851. The Labute approximate surface area is 134 Å².